The second-order valence-corrected chi connectivity index (χ2v) is 6.67. The molecule has 0 aliphatic heterocycles. The Kier molecular flexibility index (Phi) is 2.64. The summed E-state index contributed by atoms with van der Waals surface area (Å²) in [5.41, 5.74) is 2.67. The van der Waals surface area contributed by atoms with Crippen molar-refractivity contribution in [2.45, 2.75) is 62.6 Å². The molecule has 0 fully saturated rings. The second kappa shape index (κ2) is 4.19. The third kappa shape index (κ3) is 1.47. The lowest BCUT2D eigenvalue weighted by Gasteiger charge is -2.42. The maximum absolute atomic E-state index is 11.4. The lowest BCUT2D eigenvalue weighted by Crippen LogP contribution is -2.50. The first-order chi connectivity index (χ1) is 9.65. The van der Waals surface area contributed by atoms with Crippen LogP contribution in [0.1, 0.15) is 56.1 Å². The first kappa shape index (κ1) is 12.6. The SMILES string of the molecule is OC1(C2(O)CCc3ccccc32)CCC2=C1CCCC2. The highest BCUT2D eigenvalue weighted by molar-refractivity contribution is 5.46. The molecule has 3 aliphatic rings. The molecule has 0 bridgehead atoms. The Morgan fingerprint density at radius 1 is 0.800 bits per heavy atom. The average Bonchev–Trinajstić information content (AvgIpc) is 3.02. The molecular formula is C18H22O2. The van der Waals surface area contributed by atoms with E-state index >= 15 is 0 Å². The van der Waals surface area contributed by atoms with Crippen molar-refractivity contribution in [1.29, 1.82) is 0 Å². The van der Waals surface area contributed by atoms with Gasteiger partial charge in [-0.1, -0.05) is 29.8 Å². The van der Waals surface area contributed by atoms with E-state index in [2.05, 4.69) is 6.07 Å². The minimum Gasteiger partial charge on any atom is -0.382 e. The van der Waals surface area contributed by atoms with Crippen LogP contribution in [0.4, 0.5) is 0 Å². The van der Waals surface area contributed by atoms with E-state index in [1.54, 1.807) is 0 Å². The molecule has 0 saturated heterocycles. The van der Waals surface area contributed by atoms with Crippen molar-refractivity contribution in [3.63, 3.8) is 0 Å². The molecular weight excluding hydrogens is 248 g/mol. The summed E-state index contributed by atoms with van der Waals surface area (Å²) < 4.78 is 0. The Bertz CT molecular complexity index is 589. The molecule has 0 spiro atoms. The third-order valence-electron chi connectivity index (χ3n) is 5.77. The van der Waals surface area contributed by atoms with Crippen molar-refractivity contribution in [1.82, 2.24) is 0 Å². The number of hydrogen-bond acceptors (Lipinski definition) is 2. The van der Waals surface area contributed by atoms with E-state index in [1.165, 1.54) is 23.1 Å². The van der Waals surface area contributed by atoms with E-state index in [4.69, 9.17) is 0 Å². The summed E-state index contributed by atoms with van der Waals surface area (Å²) in [5.74, 6) is 0. The lowest BCUT2D eigenvalue weighted by molar-refractivity contribution is -0.135. The molecule has 4 rings (SSSR count). The van der Waals surface area contributed by atoms with Crippen molar-refractivity contribution in [2.75, 3.05) is 0 Å². The van der Waals surface area contributed by atoms with Gasteiger partial charge in [-0.25, -0.2) is 0 Å². The van der Waals surface area contributed by atoms with Gasteiger partial charge >= 0.3 is 0 Å². The lowest BCUT2D eigenvalue weighted by atomic mass is 9.72. The first-order valence-electron chi connectivity index (χ1n) is 7.90. The van der Waals surface area contributed by atoms with Crippen LogP contribution in [0.3, 0.4) is 0 Å². The van der Waals surface area contributed by atoms with Crippen LogP contribution < -0.4 is 0 Å². The van der Waals surface area contributed by atoms with Gasteiger partial charge < -0.3 is 10.2 Å². The molecule has 2 N–H and O–H groups in total. The number of benzene rings is 1. The van der Waals surface area contributed by atoms with E-state index in [0.717, 1.165) is 37.7 Å². The Labute approximate surface area is 120 Å². The van der Waals surface area contributed by atoms with Crippen molar-refractivity contribution in [3.05, 3.63) is 46.5 Å². The Hall–Kier alpha value is -1.12. The fraction of sp³-hybridized carbons (Fsp3) is 0.556. The minimum atomic E-state index is -1.07. The predicted octanol–water partition coefficient (Wildman–Crippen LogP) is 3.22. The Balaban J connectivity index is 1.83. The summed E-state index contributed by atoms with van der Waals surface area (Å²) in [7, 11) is 0. The van der Waals surface area contributed by atoms with Crippen LogP contribution in [0.25, 0.3) is 0 Å². The van der Waals surface area contributed by atoms with Crippen LogP contribution in [0, 0.1) is 0 Å². The van der Waals surface area contributed by atoms with Crippen LogP contribution in [0.15, 0.2) is 35.4 Å². The summed E-state index contributed by atoms with van der Waals surface area (Å²) in [6, 6.07) is 8.08. The van der Waals surface area contributed by atoms with E-state index in [9.17, 15) is 10.2 Å². The van der Waals surface area contributed by atoms with Crippen molar-refractivity contribution < 1.29 is 10.2 Å². The van der Waals surface area contributed by atoms with Gasteiger partial charge in [-0.3, -0.25) is 0 Å². The molecule has 2 nitrogen and oxygen atoms in total. The number of aryl methyl sites for hydroxylation is 1. The normalized spacial score (nSPS) is 36.1. The van der Waals surface area contributed by atoms with Gasteiger partial charge in [-0.15, -0.1) is 0 Å². The molecule has 106 valence electrons. The van der Waals surface area contributed by atoms with Crippen molar-refractivity contribution >= 4 is 0 Å². The van der Waals surface area contributed by atoms with Gasteiger partial charge in [0.2, 0.25) is 0 Å². The summed E-state index contributed by atoms with van der Waals surface area (Å²) in [4.78, 5) is 0. The highest BCUT2D eigenvalue weighted by Gasteiger charge is 2.57. The van der Waals surface area contributed by atoms with Crippen molar-refractivity contribution in [3.8, 4) is 0 Å². The van der Waals surface area contributed by atoms with Gasteiger partial charge in [-0.05, 0) is 68.1 Å². The molecule has 0 amide bonds. The standard InChI is InChI=1S/C18H22O2/c19-17(11-9-13-5-1-3-7-15(13)17)18(20)12-10-14-6-2-4-8-16(14)18/h1,3,5,7,19-20H,2,4,6,8-12H2. The largest absolute Gasteiger partial charge is 0.382 e. The quantitative estimate of drug-likeness (QED) is 0.769. The zero-order valence-corrected chi connectivity index (χ0v) is 11.9. The molecule has 2 heteroatoms. The van der Waals surface area contributed by atoms with Gasteiger partial charge in [0.05, 0.1) is 0 Å². The minimum absolute atomic E-state index is 0.652. The van der Waals surface area contributed by atoms with Gasteiger partial charge in [-0.2, -0.15) is 0 Å². The summed E-state index contributed by atoms with van der Waals surface area (Å²) >= 11 is 0. The molecule has 0 saturated carbocycles. The van der Waals surface area contributed by atoms with E-state index < -0.39 is 11.2 Å². The van der Waals surface area contributed by atoms with Crippen LogP contribution in [0.5, 0.6) is 0 Å². The molecule has 0 radical (unpaired) electrons. The second-order valence-electron chi connectivity index (χ2n) is 6.67. The Morgan fingerprint density at radius 2 is 1.55 bits per heavy atom. The molecule has 1 aromatic carbocycles. The van der Waals surface area contributed by atoms with Gasteiger partial charge in [0, 0.05) is 0 Å². The van der Waals surface area contributed by atoms with Crippen LogP contribution in [-0.2, 0) is 12.0 Å². The van der Waals surface area contributed by atoms with E-state index in [-0.39, 0.29) is 0 Å². The monoisotopic (exact) mass is 270 g/mol. The van der Waals surface area contributed by atoms with E-state index in [1.807, 2.05) is 18.2 Å². The highest BCUT2D eigenvalue weighted by atomic mass is 16.4. The zero-order chi connectivity index (χ0) is 13.8. The molecule has 0 aromatic heterocycles. The fourth-order valence-corrected chi connectivity index (χ4v) is 4.70. The number of allylic oxidation sites excluding steroid dienone is 1. The van der Waals surface area contributed by atoms with Crippen LogP contribution in [-0.4, -0.2) is 15.8 Å². The highest BCUT2D eigenvalue weighted by Crippen LogP contribution is 2.55. The zero-order valence-electron chi connectivity index (χ0n) is 11.9. The third-order valence-corrected chi connectivity index (χ3v) is 5.77. The van der Waals surface area contributed by atoms with E-state index in [0.29, 0.717) is 12.8 Å². The summed E-state index contributed by atoms with van der Waals surface area (Å²) in [6.07, 6.45) is 7.67. The topological polar surface area (TPSA) is 40.5 Å². The molecule has 2 atom stereocenters. The maximum Gasteiger partial charge on any atom is 0.123 e. The van der Waals surface area contributed by atoms with Crippen molar-refractivity contribution in [2.24, 2.45) is 0 Å². The molecule has 2 unspecified atom stereocenters. The van der Waals surface area contributed by atoms with Gasteiger partial charge in [0.15, 0.2) is 0 Å². The predicted molar refractivity (Wildman–Crippen MR) is 78.3 cm³/mol. The maximum atomic E-state index is 11.4. The van der Waals surface area contributed by atoms with Crippen LogP contribution >= 0.6 is 0 Å². The number of rotatable bonds is 1. The molecule has 0 heterocycles. The number of fused-ring (bicyclic) bond motifs is 1. The smallest absolute Gasteiger partial charge is 0.123 e. The van der Waals surface area contributed by atoms with Gasteiger partial charge in [0.25, 0.3) is 0 Å². The fourth-order valence-electron chi connectivity index (χ4n) is 4.70. The molecule has 20 heavy (non-hydrogen) atoms. The summed E-state index contributed by atoms with van der Waals surface area (Å²) in [6.45, 7) is 0. The Morgan fingerprint density at radius 3 is 2.45 bits per heavy atom. The number of hydrogen-bond donors (Lipinski definition) is 2. The number of aliphatic hydroxyl groups is 2. The average molecular weight is 270 g/mol. The molecule has 3 aliphatic carbocycles. The van der Waals surface area contributed by atoms with Gasteiger partial charge in [0.1, 0.15) is 11.2 Å². The first-order valence-corrected chi connectivity index (χ1v) is 7.90. The molecule has 1 aromatic rings. The summed E-state index contributed by atoms with van der Waals surface area (Å²) in [5, 5.41) is 22.7. The van der Waals surface area contributed by atoms with Crippen LogP contribution in [0.2, 0.25) is 0 Å².